The summed E-state index contributed by atoms with van der Waals surface area (Å²) in [5, 5.41) is 9.14. The van der Waals surface area contributed by atoms with Crippen LogP contribution in [0.3, 0.4) is 0 Å². The molecule has 0 fully saturated rings. The van der Waals surface area contributed by atoms with E-state index in [2.05, 4.69) is 6.92 Å². The Morgan fingerprint density at radius 2 is 1.69 bits per heavy atom. The van der Waals surface area contributed by atoms with Gasteiger partial charge in [0.2, 0.25) is 0 Å². The van der Waals surface area contributed by atoms with Gasteiger partial charge in [-0.2, -0.15) is 0 Å². The molecule has 13 heavy (non-hydrogen) atoms. The van der Waals surface area contributed by atoms with Gasteiger partial charge in [0.15, 0.2) is 0 Å². The number of aliphatic hydroxyl groups excluding tert-OH is 1. The molecule has 0 aliphatic rings. The molecule has 2 heteroatoms. The lowest BCUT2D eigenvalue weighted by Crippen LogP contribution is -2.23. The highest BCUT2D eigenvalue weighted by Crippen LogP contribution is 2.04. The molecular weight excluding hydrogens is 164 g/mol. The van der Waals surface area contributed by atoms with Crippen molar-refractivity contribution in [3.63, 3.8) is 0 Å². The molecule has 0 aliphatic carbocycles. The molecule has 0 aromatic heterocycles. The summed E-state index contributed by atoms with van der Waals surface area (Å²) < 4.78 is 5.43. The summed E-state index contributed by atoms with van der Waals surface area (Å²) in [4.78, 5) is 0. The van der Waals surface area contributed by atoms with Crippen LogP contribution in [0, 0.1) is 0 Å². The molecule has 0 saturated carbocycles. The van der Waals surface area contributed by atoms with E-state index in [1.165, 1.54) is 25.7 Å². The Bertz CT molecular complexity index is 102. The second-order valence-corrected chi connectivity index (χ2v) is 3.73. The van der Waals surface area contributed by atoms with Crippen molar-refractivity contribution in [2.45, 2.75) is 65.1 Å². The van der Waals surface area contributed by atoms with E-state index in [1.807, 2.05) is 6.92 Å². The van der Waals surface area contributed by atoms with Gasteiger partial charge in [0.25, 0.3) is 0 Å². The highest BCUT2D eigenvalue weighted by Gasteiger charge is 2.07. The highest BCUT2D eigenvalue weighted by molar-refractivity contribution is 4.56. The third-order valence-corrected chi connectivity index (χ3v) is 2.31. The van der Waals surface area contributed by atoms with Crippen molar-refractivity contribution in [2.24, 2.45) is 0 Å². The topological polar surface area (TPSA) is 29.5 Å². The predicted octanol–water partition coefficient (Wildman–Crippen LogP) is 2.74. The molecule has 0 aromatic rings. The first-order valence-corrected chi connectivity index (χ1v) is 5.48. The van der Waals surface area contributed by atoms with Crippen LogP contribution in [0.4, 0.5) is 0 Å². The Hall–Kier alpha value is -0.0800. The van der Waals surface area contributed by atoms with Gasteiger partial charge in [-0.25, -0.2) is 0 Å². The third kappa shape index (κ3) is 8.26. The van der Waals surface area contributed by atoms with Gasteiger partial charge in [0, 0.05) is 6.61 Å². The van der Waals surface area contributed by atoms with Crippen molar-refractivity contribution in [3.8, 4) is 0 Å². The van der Waals surface area contributed by atoms with Crippen LogP contribution in [0.15, 0.2) is 0 Å². The minimum atomic E-state index is -0.351. The lowest BCUT2D eigenvalue weighted by Gasteiger charge is -2.15. The summed E-state index contributed by atoms with van der Waals surface area (Å²) in [5.41, 5.74) is 0. The monoisotopic (exact) mass is 188 g/mol. The van der Waals surface area contributed by atoms with E-state index < -0.39 is 0 Å². The molecule has 0 amide bonds. The lowest BCUT2D eigenvalue weighted by molar-refractivity contribution is -0.0194. The maximum atomic E-state index is 9.14. The van der Waals surface area contributed by atoms with Gasteiger partial charge in [-0.1, -0.05) is 32.6 Å². The summed E-state index contributed by atoms with van der Waals surface area (Å²) in [6.07, 6.45) is 5.92. The van der Waals surface area contributed by atoms with Crippen molar-refractivity contribution in [2.75, 3.05) is 6.61 Å². The maximum Gasteiger partial charge on any atom is 0.0803 e. The molecule has 80 valence electrons. The van der Waals surface area contributed by atoms with Crippen molar-refractivity contribution in [1.82, 2.24) is 0 Å². The van der Waals surface area contributed by atoms with E-state index in [4.69, 9.17) is 9.84 Å². The normalized spacial score (nSPS) is 15.7. The Kier molecular flexibility index (Phi) is 8.46. The van der Waals surface area contributed by atoms with Gasteiger partial charge in [0.1, 0.15) is 0 Å². The van der Waals surface area contributed by atoms with E-state index >= 15 is 0 Å². The molecule has 0 spiro atoms. The molecular formula is C11H24O2. The Balaban J connectivity index is 3.07. The predicted molar refractivity (Wildman–Crippen MR) is 55.9 cm³/mol. The van der Waals surface area contributed by atoms with Gasteiger partial charge < -0.3 is 9.84 Å². The van der Waals surface area contributed by atoms with Crippen LogP contribution in [-0.4, -0.2) is 23.9 Å². The van der Waals surface area contributed by atoms with Crippen molar-refractivity contribution in [1.29, 1.82) is 0 Å². The first-order valence-electron chi connectivity index (χ1n) is 5.48. The molecule has 0 rings (SSSR count). The van der Waals surface area contributed by atoms with Crippen LogP contribution in [0.1, 0.15) is 52.9 Å². The van der Waals surface area contributed by atoms with E-state index in [0.717, 1.165) is 13.0 Å². The Labute approximate surface area is 82.3 Å². The van der Waals surface area contributed by atoms with Gasteiger partial charge in [-0.3, -0.25) is 0 Å². The Morgan fingerprint density at radius 1 is 1.08 bits per heavy atom. The molecule has 0 heterocycles. The summed E-state index contributed by atoms with van der Waals surface area (Å²) in [7, 11) is 0. The van der Waals surface area contributed by atoms with Gasteiger partial charge in [0.05, 0.1) is 12.2 Å². The fraction of sp³-hybridized carbons (Fsp3) is 1.00. The first kappa shape index (κ1) is 12.9. The van der Waals surface area contributed by atoms with Crippen LogP contribution >= 0.6 is 0 Å². The van der Waals surface area contributed by atoms with Crippen molar-refractivity contribution < 1.29 is 9.84 Å². The number of ether oxygens (including phenoxy) is 1. The fourth-order valence-electron chi connectivity index (χ4n) is 1.11. The third-order valence-electron chi connectivity index (χ3n) is 2.31. The van der Waals surface area contributed by atoms with Crippen LogP contribution in [0.2, 0.25) is 0 Å². The number of aliphatic hydroxyl groups is 1. The fourth-order valence-corrected chi connectivity index (χ4v) is 1.11. The quantitative estimate of drug-likeness (QED) is 0.593. The Morgan fingerprint density at radius 3 is 2.23 bits per heavy atom. The average Bonchev–Trinajstić information content (AvgIpc) is 2.10. The number of unbranched alkanes of at least 4 members (excludes halogenated alkanes) is 4. The summed E-state index contributed by atoms with van der Waals surface area (Å²) in [5.74, 6) is 0. The average molecular weight is 188 g/mol. The minimum Gasteiger partial charge on any atom is -0.391 e. The molecule has 1 N–H and O–H groups in total. The largest absolute Gasteiger partial charge is 0.391 e. The zero-order chi connectivity index (χ0) is 10.1. The molecule has 2 atom stereocenters. The second kappa shape index (κ2) is 8.52. The van der Waals surface area contributed by atoms with E-state index in [9.17, 15) is 0 Å². The molecule has 0 bridgehead atoms. The molecule has 0 radical (unpaired) electrons. The molecule has 1 unspecified atom stereocenters. The molecule has 2 nitrogen and oxygen atoms in total. The van der Waals surface area contributed by atoms with Gasteiger partial charge in [-0.05, 0) is 20.3 Å². The van der Waals surface area contributed by atoms with Gasteiger partial charge in [-0.15, -0.1) is 0 Å². The minimum absolute atomic E-state index is 0.0221. The molecule has 0 aliphatic heterocycles. The smallest absolute Gasteiger partial charge is 0.0803 e. The van der Waals surface area contributed by atoms with Crippen molar-refractivity contribution >= 4 is 0 Å². The van der Waals surface area contributed by atoms with E-state index in [1.54, 1.807) is 6.92 Å². The maximum absolute atomic E-state index is 9.14. The van der Waals surface area contributed by atoms with Crippen molar-refractivity contribution in [3.05, 3.63) is 0 Å². The first-order chi connectivity index (χ1) is 6.18. The van der Waals surface area contributed by atoms with E-state index in [0.29, 0.717) is 0 Å². The summed E-state index contributed by atoms with van der Waals surface area (Å²) in [6, 6.07) is 0. The highest BCUT2D eigenvalue weighted by atomic mass is 16.5. The molecule has 0 saturated heterocycles. The zero-order valence-electron chi connectivity index (χ0n) is 9.25. The van der Waals surface area contributed by atoms with Crippen LogP contribution in [-0.2, 0) is 4.74 Å². The number of rotatable bonds is 8. The second-order valence-electron chi connectivity index (χ2n) is 3.73. The number of hydrogen-bond acceptors (Lipinski definition) is 2. The standard InChI is InChI=1S/C11H24O2/c1-4-5-6-7-8-9-13-11(3)10(2)12/h10-12H,4-9H2,1-3H3/t10-,11?/m1/s1. The van der Waals surface area contributed by atoms with Crippen LogP contribution in [0.5, 0.6) is 0 Å². The summed E-state index contributed by atoms with van der Waals surface area (Å²) in [6.45, 7) is 6.68. The van der Waals surface area contributed by atoms with Crippen LogP contribution in [0.25, 0.3) is 0 Å². The van der Waals surface area contributed by atoms with E-state index in [-0.39, 0.29) is 12.2 Å². The SMILES string of the molecule is CCCCCCCOC(C)[C@@H](C)O. The zero-order valence-corrected chi connectivity index (χ0v) is 9.25. The van der Waals surface area contributed by atoms with Gasteiger partial charge >= 0.3 is 0 Å². The van der Waals surface area contributed by atoms with Crippen LogP contribution < -0.4 is 0 Å². The lowest BCUT2D eigenvalue weighted by atomic mass is 10.2. The number of hydrogen-bond donors (Lipinski definition) is 1. The summed E-state index contributed by atoms with van der Waals surface area (Å²) >= 11 is 0. The molecule has 0 aromatic carbocycles.